The molecular formula is C22H16N2O3S2. The number of thioether (sulfide) groups is 1. The average Bonchev–Trinajstić information content (AvgIpc) is 3.01. The van der Waals surface area contributed by atoms with Gasteiger partial charge < -0.3 is 4.74 Å². The second kappa shape index (κ2) is 8.06. The lowest BCUT2D eigenvalue weighted by atomic mass is 10.0. The number of nitrogens with one attached hydrogen (secondary N) is 1. The van der Waals surface area contributed by atoms with Crippen molar-refractivity contribution in [1.82, 2.24) is 10.4 Å². The van der Waals surface area contributed by atoms with Crippen LogP contribution in [0.1, 0.15) is 15.9 Å². The molecule has 0 spiro atoms. The molecular weight excluding hydrogens is 404 g/mol. The number of nitrogens with zero attached hydrogens (tertiary/aromatic N) is 1. The average molecular weight is 421 g/mol. The highest BCUT2D eigenvalue weighted by Crippen LogP contribution is 2.33. The molecule has 0 radical (unpaired) electrons. The Hall–Kier alpha value is -3.16. The summed E-state index contributed by atoms with van der Waals surface area (Å²) in [6.07, 6.45) is 1.80. The van der Waals surface area contributed by atoms with Crippen molar-refractivity contribution >= 4 is 57.0 Å². The molecule has 29 heavy (non-hydrogen) atoms. The van der Waals surface area contributed by atoms with Gasteiger partial charge in [0, 0.05) is 5.56 Å². The molecule has 0 bridgehead atoms. The molecule has 4 rings (SSSR count). The summed E-state index contributed by atoms with van der Waals surface area (Å²) in [5.74, 6) is -0.241. The summed E-state index contributed by atoms with van der Waals surface area (Å²) in [5.41, 5.74) is 3.88. The zero-order chi connectivity index (χ0) is 20.4. The number of rotatable bonds is 4. The van der Waals surface area contributed by atoms with Gasteiger partial charge in [-0.15, -0.1) is 0 Å². The summed E-state index contributed by atoms with van der Waals surface area (Å²) in [4.78, 5) is 25.9. The van der Waals surface area contributed by atoms with Gasteiger partial charge >= 0.3 is 0 Å². The van der Waals surface area contributed by atoms with E-state index in [1.807, 2.05) is 42.5 Å². The lowest BCUT2D eigenvalue weighted by Gasteiger charge is -2.15. The van der Waals surface area contributed by atoms with Crippen LogP contribution >= 0.6 is 24.0 Å². The highest BCUT2D eigenvalue weighted by molar-refractivity contribution is 8.26. The fourth-order valence-electron chi connectivity index (χ4n) is 3.01. The van der Waals surface area contributed by atoms with Crippen molar-refractivity contribution in [3.05, 3.63) is 82.8 Å². The number of benzene rings is 3. The molecule has 1 aliphatic heterocycles. The van der Waals surface area contributed by atoms with Crippen molar-refractivity contribution in [2.45, 2.75) is 0 Å². The fourth-order valence-corrected chi connectivity index (χ4v) is 4.18. The quantitative estimate of drug-likeness (QED) is 0.501. The lowest BCUT2D eigenvalue weighted by molar-refractivity contribution is -0.123. The second-order valence-corrected chi connectivity index (χ2v) is 7.93. The summed E-state index contributed by atoms with van der Waals surface area (Å²) < 4.78 is 5.41. The number of carbonyl (C=O) groups is 2. The minimum absolute atomic E-state index is 0.276. The maximum atomic E-state index is 12.9. The zero-order valence-electron chi connectivity index (χ0n) is 15.4. The molecule has 0 atom stereocenters. The van der Waals surface area contributed by atoms with Gasteiger partial charge in [-0.3, -0.25) is 15.0 Å². The van der Waals surface area contributed by atoms with Crippen LogP contribution in [-0.2, 0) is 4.79 Å². The lowest BCUT2D eigenvalue weighted by Crippen LogP contribution is -2.44. The van der Waals surface area contributed by atoms with Crippen molar-refractivity contribution in [2.75, 3.05) is 7.11 Å². The first-order valence-electron chi connectivity index (χ1n) is 8.77. The van der Waals surface area contributed by atoms with Crippen LogP contribution in [-0.4, -0.2) is 28.3 Å². The van der Waals surface area contributed by atoms with Crippen LogP contribution in [0, 0.1) is 0 Å². The number of carbonyl (C=O) groups excluding carboxylic acids is 2. The molecule has 144 valence electrons. The van der Waals surface area contributed by atoms with Gasteiger partial charge in [0.05, 0.1) is 12.0 Å². The minimum atomic E-state index is -0.438. The summed E-state index contributed by atoms with van der Waals surface area (Å²) in [7, 11) is 1.52. The number of methoxy groups -OCH3 is 1. The van der Waals surface area contributed by atoms with Gasteiger partial charge in [0.1, 0.15) is 5.75 Å². The third kappa shape index (κ3) is 3.87. The number of hydrazine groups is 1. The molecule has 1 fully saturated rings. The van der Waals surface area contributed by atoms with Crippen molar-refractivity contribution in [2.24, 2.45) is 0 Å². The van der Waals surface area contributed by atoms with Gasteiger partial charge in [-0.2, -0.15) is 5.01 Å². The highest BCUT2D eigenvalue weighted by Gasteiger charge is 2.33. The molecule has 3 aromatic carbocycles. The topological polar surface area (TPSA) is 58.6 Å². The number of hydrogen-bond acceptors (Lipinski definition) is 5. The van der Waals surface area contributed by atoms with Crippen LogP contribution in [0.3, 0.4) is 0 Å². The van der Waals surface area contributed by atoms with Crippen LogP contribution < -0.4 is 10.2 Å². The second-order valence-electron chi connectivity index (χ2n) is 6.26. The largest absolute Gasteiger partial charge is 0.497 e. The van der Waals surface area contributed by atoms with Gasteiger partial charge in [-0.05, 0) is 52.8 Å². The molecule has 2 amide bonds. The molecule has 5 nitrogen and oxygen atoms in total. The third-order valence-corrected chi connectivity index (χ3v) is 5.75. The molecule has 0 unspecified atom stereocenters. The Morgan fingerprint density at radius 3 is 2.69 bits per heavy atom. The molecule has 0 aliphatic carbocycles. The first-order chi connectivity index (χ1) is 14.1. The molecule has 1 N–H and O–H groups in total. The van der Waals surface area contributed by atoms with Crippen LogP contribution in [0.5, 0.6) is 5.75 Å². The summed E-state index contributed by atoms with van der Waals surface area (Å²) in [6, 6.07) is 20.6. The standard InChI is InChI=1S/C22H16N2O3S2/c1-27-17-10-5-9-16(12-17)20(25)23-24-21(26)19(29-22(24)28)13-15-8-4-7-14-6-2-3-11-18(14)15/h2-13H,1H3,(H,23,25)/b19-13+. The summed E-state index contributed by atoms with van der Waals surface area (Å²) in [6.45, 7) is 0. The molecule has 1 aliphatic rings. The predicted octanol–water partition coefficient (Wildman–Crippen LogP) is 4.39. The van der Waals surface area contributed by atoms with E-state index < -0.39 is 5.91 Å². The van der Waals surface area contributed by atoms with E-state index >= 15 is 0 Å². The fraction of sp³-hybridized carbons (Fsp3) is 0.0455. The molecule has 3 aromatic rings. The number of thiocarbonyl (C=S) groups is 1. The monoisotopic (exact) mass is 420 g/mol. The SMILES string of the molecule is COc1cccc(C(=O)NN2C(=O)/C(=C\c3cccc4ccccc34)SC2=S)c1. The van der Waals surface area contributed by atoms with Crippen molar-refractivity contribution in [1.29, 1.82) is 0 Å². The minimum Gasteiger partial charge on any atom is -0.497 e. The predicted molar refractivity (Wildman–Crippen MR) is 119 cm³/mol. The molecule has 1 saturated heterocycles. The highest BCUT2D eigenvalue weighted by atomic mass is 32.2. The maximum absolute atomic E-state index is 12.9. The van der Waals surface area contributed by atoms with Crippen LogP contribution in [0.2, 0.25) is 0 Å². The third-order valence-electron chi connectivity index (χ3n) is 4.45. The van der Waals surface area contributed by atoms with Gasteiger partial charge in [0.25, 0.3) is 11.8 Å². The van der Waals surface area contributed by atoms with E-state index in [9.17, 15) is 9.59 Å². The Bertz CT molecular complexity index is 1170. The number of hydrogen-bond donors (Lipinski definition) is 1. The zero-order valence-corrected chi connectivity index (χ0v) is 17.0. The Balaban J connectivity index is 1.58. The van der Waals surface area contributed by atoms with Gasteiger partial charge in [0.2, 0.25) is 0 Å². The van der Waals surface area contributed by atoms with Crippen LogP contribution in [0.25, 0.3) is 16.8 Å². The summed E-state index contributed by atoms with van der Waals surface area (Å²) in [5, 5.41) is 3.24. The molecule has 0 saturated carbocycles. The molecule has 1 heterocycles. The van der Waals surface area contributed by atoms with Crippen LogP contribution in [0.4, 0.5) is 0 Å². The van der Waals surface area contributed by atoms with E-state index in [0.29, 0.717) is 16.2 Å². The van der Waals surface area contributed by atoms with E-state index in [1.165, 1.54) is 7.11 Å². The van der Waals surface area contributed by atoms with Crippen molar-refractivity contribution in [3.63, 3.8) is 0 Å². The van der Waals surface area contributed by atoms with E-state index in [4.69, 9.17) is 17.0 Å². The first kappa shape index (κ1) is 19.2. The number of fused-ring (bicyclic) bond motifs is 1. The number of ether oxygens (including phenoxy) is 1. The maximum Gasteiger partial charge on any atom is 0.285 e. The van der Waals surface area contributed by atoms with E-state index in [2.05, 4.69) is 5.43 Å². The smallest absolute Gasteiger partial charge is 0.285 e. The van der Waals surface area contributed by atoms with E-state index in [-0.39, 0.29) is 10.2 Å². The van der Waals surface area contributed by atoms with Crippen LogP contribution in [0.15, 0.2) is 71.6 Å². The Morgan fingerprint density at radius 1 is 1.10 bits per heavy atom. The Labute approximate surface area is 177 Å². The summed E-state index contributed by atoms with van der Waals surface area (Å²) >= 11 is 6.47. The van der Waals surface area contributed by atoms with Gasteiger partial charge in [0.15, 0.2) is 4.32 Å². The van der Waals surface area contributed by atoms with E-state index in [1.54, 1.807) is 30.3 Å². The van der Waals surface area contributed by atoms with Crippen molar-refractivity contribution in [3.8, 4) is 5.75 Å². The molecule has 7 heteroatoms. The number of amides is 2. The Kier molecular flexibility index (Phi) is 5.33. The Morgan fingerprint density at radius 2 is 1.86 bits per heavy atom. The van der Waals surface area contributed by atoms with Gasteiger partial charge in [-0.1, -0.05) is 60.3 Å². The molecule has 0 aromatic heterocycles. The van der Waals surface area contributed by atoms with Crippen molar-refractivity contribution < 1.29 is 14.3 Å². The first-order valence-corrected chi connectivity index (χ1v) is 10.00. The normalized spacial score (nSPS) is 15.2. The van der Waals surface area contributed by atoms with Gasteiger partial charge in [-0.25, -0.2) is 0 Å². The van der Waals surface area contributed by atoms with E-state index in [0.717, 1.165) is 33.1 Å².